The molecule has 3 rings (SSSR count). The van der Waals surface area contributed by atoms with Crippen molar-refractivity contribution in [3.05, 3.63) is 40.9 Å². The Kier molecular flexibility index (Phi) is 5.77. The maximum atomic E-state index is 6.08. The fourth-order valence-electron chi connectivity index (χ4n) is 2.48. The molecule has 0 unspecified atom stereocenters. The molecule has 1 saturated heterocycles. The third-order valence-electron chi connectivity index (χ3n) is 3.75. The molecule has 8 heteroatoms. The van der Waals surface area contributed by atoms with Gasteiger partial charge in [0.1, 0.15) is 12.4 Å². The number of para-hydroxylation sites is 1. The molecule has 1 aromatic carbocycles. The maximum Gasteiger partial charge on any atom is 0.191 e. The number of hydrogen-bond acceptors (Lipinski definition) is 5. The van der Waals surface area contributed by atoms with Gasteiger partial charge < -0.3 is 20.3 Å². The molecule has 0 aliphatic carbocycles. The smallest absolute Gasteiger partial charge is 0.191 e. The number of guanidine groups is 1. The first-order valence-electron chi connectivity index (χ1n) is 7.80. The van der Waals surface area contributed by atoms with Crippen LogP contribution in [0.15, 0.2) is 40.8 Å². The van der Waals surface area contributed by atoms with Crippen LogP contribution in [-0.4, -0.2) is 55.2 Å². The summed E-state index contributed by atoms with van der Waals surface area (Å²) >= 11 is 7.70. The average Bonchev–Trinajstić information content (AvgIpc) is 3.15. The largest absolute Gasteiger partial charge is 0.490 e. The normalized spacial score (nSPS) is 15.6. The number of anilines is 1. The number of thiazole rings is 1. The lowest BCUT2D eigenvalue weighted by molar-refractivity contribution is 0.326. The summed E-state index contributed by atoms with van der Waals surface area (Å²) in [5.41, 5.74) is 6.08. The fourth-order valence-corrected chi connectivity index (χ4v) is 3.36. The summed E-state index contributed by atoms with van der Waals surface area (Å²) in [6.45, 7) is 4.45. The van der Waals surface area contributed by atoms with E-state index in [1.807, 2.05) is 29.8 Å². The Morgan fingerprint density at radius 2 is 2.08 bits per heavy atom. The van der Waals surface area contributed by atoms with Gasteiger partial charge in [-0.25, -0.2) is 9.98 Å². The summed E-state index contributed by atoms with van der Waals surface area (Å²) < 4.78 is 5.61. The third kappa shape index (κ3) is 4.30. The zero-order valence-corrected chi connectivity index (χ0v) is 14.8. The van der Waals surface area contributed by atoms with Crippen LogP contribution >= 0.6 is 22.9 Å². The highest BCUT2D eigenvalue weighted by Gasteiger charge is 2.19. The minimum Gasteiger partial charge on any atom is -0.490 e. The van der Waals surface area contributed by atoms with E-state index in [-0.39, 0.29) is 0 Å². The predicted molar refractivity (Wildman–Crippen MR) is 99.3 cm³/mol. The number of nitrogens with two attached hydrogens (primary N) is 1. The lowest BCUT2D eigenvalue weighted by Gasteiger charge is -2.35. The molecule has 2 aromatic rings. The van der Waals surface area contributed by atoms with Gasteiger partial charge in [-0.15, -0.1) is 11.3 Å². The van der Waals surface area contributed by atoms with Gasteiger partial charge in [0.2, 0.25) is 0 Å². The van der Waals surface area contributed by atoms with Gasteiger partial charge in [-0.1, -0.05) is 23.7 Å². The Balaban J connectivity index is 1.42. The molecule has 1 aromatic heterocycles. The van der Waals surface area contributed by atoms with E-state index in [1.54, 1.807) is 17.4 Å². The Hall–Kier alpha value is -1.99. The first-order valence-corrected chi connectivity index (χ1v) is 9.06. The van der Waals surface area contributed by atoms with Gasteiger partial charge in [-0.05, 0) is 12.1 Å². The van der Waals surface area contributed by atoms with Crippen LogP contribution in [-0.2, 0) is 0 Å². The highest BCUT2D eigenvalue weighted by atomic mass is 35.5. The van der Waals surface area contributed by atoms with Crippen LogP contribution in [0.25, 0.3) is 0 Å². The van der Waals surface area contributed by atoms with Crippen LogP contribution in [0.1, 0.15) is 0 Å². The number of rotatable bonds is 5. The van der Waals surface area contributed by atoms with Crippen LogP contribution < -0.4 is 15.4 Å². The molecular weight excluding hydrogens is 346 g/mol. The van der Waals surface area contributed by atoms with Crippen molar-refractivity contribution in [1.29, 1.82) is 0 Å². The van der Waals surface area contributed by atoms with E-state index >= 15 is 0 Å². The van der Waals surface area contributed by atoms with E-state index < -0.39 is 0 Å². The second-order valence-electron chi connectivity index (χ2n) is 5.31. The Morgan fingerprint density at radius 3 is 2.79 bits per heavy atom. The monoisotopic (exact) mass is 365 g/mol. The zero-order chi connectivity index (χ0) is 16.8. The topological polar surface area (TPSA) is 67.0 Å². The lowest BCUT2D eigenvalue weighted by atomic mass is 10.3. The standard InChI is InChI=1S/C16H20ClN5OS/c17-13-3-1-2-4-14(13)23-11-5-19-15(18)21-7-9-22(10-8-21)16-20-6-12-24-16/h1-4,6,12H,5,7-11H2,(H2,18,19). The van der Waals surface area contributed by atoms with Crippen LogP contribution in [0.3, 0.4) is 0 Å². The van der Waals surface area contributed by atoms with Gasteiger partial charge >= 0.3 is 0 Å². The second-order valence-corrected chi connectivity index (χ2v) is 6.59. The van der Waals surface area contributed by atoms with E-state index in [1.165, 1.54) is 0 Å². The van der Waals surface area contributed by atoms with Crippen molar-refractivity contribution < 1.29 is 4.74 Å². The van der Waals surface area contributed by atoms with Crippen LogP contribution in [0.5, 0.6) is 5.75 Å². The molecule has 2 heterocycles. The molecule has 0 amide bonds. The fraction of sp³-hybridized carbons (Fsp3) is 0.375. The Morgan fingerprint density at radius 1 is 1.29 bits per heavy atom. The van der Waals surface area contributed by atoms with Crippen molar-refractivity contribution in [3.63, 3.8) is 0 Å². The van der Waals surface area contributed by atoms with Crippen molar-refractivity contribution in [1.82, 2.24) is 9.88 Å². The molecule has 2 N–H and O–H groups in total. The van der Waals surface area contributed by atoms with Crippen LogP contribution in [0.2, 0.25) is 5.02 Å². The first-order chi connectivity index (χ1) is 11.7. The number of nitrogens with zero attached hydrogens (tertiary/aromatic N) is 4. The molecule has 0 radical (unpaired) electrons. The van der Waals surface area contributed by atoms with Crippen molar-refractivity contribution in [2.75, 3.05) is 44.2 Å². The number of ether oxygens (including phenoxy) is 1. The number of hydrogen-bond donors (Lipinski definition) is 1. The van der Waals surface area contributed by atoms with Crippen LogP contribution in [0.4, 0.5) is 5.13 Å². The predicted octanol–water partition coefficient (Wildman–Crippen LogP) is 2.31. The van der Waals surface area contributed by atoms with Crippen molar-refractivity contribution in [3.8, 4) is 5.75 Å². The summed E-state index contributed by atoms with van der Waals surface area (Å²) in [5, 5.41) is 3.67. The molecule has 1 fully saturated rings. The van der Waals surface area contributed by atoms with E-state index in [2.05, 4.69) is 19.8 Å². The van der Waals surface area contributed by atoms with Gasteiger partial charge in [0, 0.05) is 37.8 Å². The molecule has 1 aliphatic rings. The number of piperazine rings is 1. The SMILES string of the molecule is NC(=NCCOc1ccccc1Cl)N1CCN(c2nccs2)CC1. The third-order valence-corrected chi connectivity index (χ3v) is 4.90. The van der Waals surface area contributed by atoms with E-state index in [4.69, 9.17) is 22.1 Å². The summed E-state index contributed by atoms with van der Waals surface area (Å²) in [4.78, 5) is 13.1. The van der Waals surface area contributed by atoms with E-state index in [0.717, 1.165) is 31.3 Å². The van der Waals surface area contributed by atoms with Gasteiger partial charge in [0.25, 0.3) is 0 Å². The van der Waals surface area contributed by atoms with Gasteiger partial charge in [-0.3, -0.25) is 0 Å². The maximum absolute atomic E-state index is 6.08. The molecule has 0 saturated carbocycles. The summed E-state index contributed by atoms with van der Waals surface area (Å²) in [5.74, 6) is 1.24. The van der Waals surface area contributed by atoms with Crippen molar-refractivity contribution in [2.24, 2.45) is 10.7 Å². The molecule has 6 nitrogen and oxygen atoms in total. The zero-order valence-electron chi connectivity index (χ0n) is 13.3. The average molecular weight is 366 g/mol. The quantitative estimate of drug-likeness (QED) is 0.500. The van der Waals surface area contributed by atoms with Gasteiger partial charge in [-0.2, -0.15) is 0 Å². The highest BCUT2D eigenvalue weighted by Crippen LogP contribution is 2.22. The minimum atomic E-state index is 0.448. The molecule has 0 spiro atoms. The number of benzene rings is 1. The Bertz CT molecular complexity index is 671. The number of halogens is 1. The number of aromatic nitrogens is 1. The van der Waals surface area contributed by atoms with Gasteiger partial charge in [0.05, 0.1) is 11.6 Å². The summed E-state index contributed by atoms with van der Waals surface area (Å²) in [7, 11) is 0. The van der Waals surface area contributed by atoms with Crippen molar-refractivity contribution >= 4 is 34.0 Å². The molecule has 1 aliphatic heterocycles. The van der Waals surface area contributed by atoms with Crippen molar-refractivity contribution in [2.45, 2.75) is 0 Å². The lowest BCUT2D eigenvalue weighted by Crippen LogP contribution is -2.51. The minimum absolute atomic E-state index is 0.448. The molecule has 128 valence electrons. The highest BCUT2D eigenvalue weighted by molar-refractivity contribution is 7.13. The number of aliphatic imine (C=N–C) groups is 1. The first kappa shape index (κ1) is 16.9. The second kappa shape index (κ2) is 8.21. The van der Waals surface area contributed by atoms with E-state index in [0.29, 0.717) is 29.9 Å². The van der Waals surface area contributed by atoms with Gasteiger partial charge in [0.15, 0.2) is 11.1 Å². The summed E-state index contributed by atoms with van der Waals surface area (Å²) in [6.07, 6.45) is 1.83. The molecular formula is C16H20ClN5OS. The molecule has 0 bridgehead atoms. The molecule has 0 atom stereocenters. The Labute approximate surface area is 150 Å². The van der Waals surface area contributed by atoms with E-state index in [9.17, 15) is 0 Å². The van der Waals surface area contributed by atoms with Crippen LogP contribution in [0, 0.1) is 0 Å². The summed E-state index contributed by atoms with van der Waals surface area (Å²) in [6, 6.07) is 7.40. The molecule has 24 heavy (non-hydrogen) atoms.